The normalized spacial score (nSPS) is 18.6. The number of aromatic nitrogens is 4. The molecular weight excluding hydrogens is 307 g/mol. The van der Waals surface area contributed by atoms with E-state index in [1.165, 1.54) is 12.8 Å². The second-order valence-electron chi connectivity index (χ2n) is 6.27. The molecule has 2 aromatic heterocycles. The molecule has 24 heavy (non-hydrogen) atoms. The van der Waals surface area contributed by atoms with Gasteiger partial charge in [-0.1, -0.05) is 18.9 Å². The Labute approximate surface area is 139 Å². The molecule has 2 heterocycles. The minimum absolute atomic E-state index is 0.215. The molecule has 0 saturated heterocycles. The number of halogens is 1. The van der Waals surface area contributed by atoms with E-state index in [2.05, 4.69) is 30.2 Å². The Hall–Kier alpha value is -2.44. The molecule has 2 aromatic rings. The summed E-state index contributed by atoms with van der Waals surface area (Å²) in [7, 11) is 1.80. The average molecular weight is 328 g/mol. The van der Waals surface area contributed by atoms with Gasteiger partial charge in [0.05, 0.1) is 11.9 Å². The topological polar surface area (TPSA) is 67.7 Å². The largest absolute Gasteiger partial charge is 0.357 e. The van der Waals surface area contributed by atoms with Gasteiger partial charge in [0.15, 0.2) is 5.65 Å². The van der Waals surface area contributed by atoms with Crippen LogP contribution in [0.5, 0.6) is 0 Å². The van der Waals surface area contributed by atoms with Crippen LogP contribution in [-0.4, -0.2) is 26.6 Å². The third-order valence-electron chi connectivity index (χ3n) is 4.69. The van der Waals surface area contributed by atoms with Crippen molar-refractivity contribution >= 4 is 23.1 Å². The van der Waals surface area contributed by atoms with Crippen molar-refractivity contribution in [3.8, 4) is 0 Å². The van der Waals surface area contributed by atoms with Gasteiger partial charge in [-0.2, -0.15) is 4.98 Å². The highest BCUT2D eigenvalue weighted by molar-refractivity contribution is 5.76. The van der Waals surface area contributed by atoms with E-state index >= 15 is 0 Å². The third-order valence-corrected chi connectivity index (χ3v) is 4.69. The van der Waals surface area contributed by atoms with E-state index in [1.54, 1.807) is 19.3 Å². The summed E-state index contributed by atoms with van der Waals surface area (Å²) in [6.45, 7) is 0. The van der Waals surface area contributed by atoms with Crippen LogP contribution in [0.3, 0.4) is 0 Å². The summed E-state index contributed by atoms with van der Waals surface area (Å²) in [6, 6.07) is 0.341. The maximum Gasteiger partial charge on any atom is 0.224 e. The minimum atomic E-state index is -0.215. The molecule has 0 spiro atoms. The van der Waals surface area contributed by atoms with E-state index in [0.29, 0.717) is 23.6 Å². The molecule has 0 bridgehead atoms. The number of hydrogen-bond donors (Lipinski definition) is 2. The van der Waals surface area contributed by atoms with Gasteiger partial charge in [-0.15, -0.1) is 0 Å². The Balaban J connectivity index is 1.80. The van der Waals surface area contributed by atoms with E-state index in [-0.39, 0.29) is 5.83 Å². The van der Waals surface area contributed by atoms with E-state index in [4.69, 9.17) is 0 Å². The highest BCUT2D eigenvalue weighted by Crippen LogP contribution is 2.35. The molecule has 0 radical (unpaired) electrons. The van der Waals surface area contributed by atoms with Crippen molar-refractivity contribution in [3.63, 3.8) is 0 Å². The molecule has 1 fully saturated rings. The van der Waals surface area contributed by atoms with Crippen LogP contribution >= 0.6 is 0 Å². The van der Waals surface area contributed by atoms with Crippen LogP contribution in [0.2, 0.25) is 0 Å². The van der Waals surface area contributed by atoms with Crippen LogP contribution in [0, 0.1) is 0 Å². The zero-order valence-corrected chi connectivity index (χ0v) is 13.7. The number of fused-ring (bicyclic) bond motifs is 1. The first-order valence-electron chi connectivity index (χ1n) is 8.52. The second-order valence-corrected chi connectivity index (χ2v) is 6.27. The van der Waals surface area contributed by atoms with E-state index in [1.807, 2.05) is 6.08 Å². The van der Waals surface area contributed by atoms with Crippen LogP contribution in [0.15, 0.2) is 29.9 Å². The summed E-state index contributed by atoms with van der Waals surface area (Å²) in [6.07, 6.45) is 11.4. The molecule has 1 saturated carbocycles. The standard InChI is InChI=1S/C17H21FN6/c1-19-16-20-10-14-15(23-16)24(11-6-2-3-7-11)17(22-14)21-13-9-5-4-8-12(13)18/h8-11H,2-7H2,1H3,(H,21,22)(H,19,20,23). The van der Waals surface area contributed by atoms with Gasteiger partial charge in [0, 0.05) is 13.1 Å². The van der Waals surface area contributed by atoms with Crippen LogP contribution < -0.4 is 10.6 Å². The van der Waals surface area contributed by atoms with Crippen molar-refractivity contribution < 1.29 is 4.39 Å². The molecule has 0 unspecified atom stereocenters. The van der Waals surface area contributed by atoms with Crippen LogP contribution in [0.4, 0.5) is 16.3 Å². The van der Waals surface area contributed by atoms with Crippen LogP contribution in [-0.2, 0) is 0 Å². The Bertz CT molecular complexity index is 816. The predicted molar refractivity (Wildman–Crippen MR) is 92.5 cm³/mol. The monoisotopic (exact) mass is 328 g/mol. The summed E-state index contributed by atoms with van der Waals surface area (Å²) in [4.78, 5) is 13.4. The van der Waals surface area contributed by atoms with Gasteiger partial charge in [0.1, 0.15) is 11.3 Å². The number of nitrogens with one attached hydrogen (secondary N) is 2. The van der Waals surface area contributed by atoms with Crippen molar-refractivity contribution in [2.45, 2.75) is 44.6 Å². The van der Waals surface area contributed by atoms with Crippen molar-refractivity contribution in [1.82, 2.24) is 19.5 Å². The fourth-order valence-electron chi connectivity index (χ4n) is 3.48. The summed E-state index contributed by atoms with van der Waals surface area (Å²) in [5, 5.41) is 6.15. The minimum Gasteiger partial charge on any atom is -0.357 e. The molecule has 0 aliphatic heterocycles. The summed E-state index contributed by atoms with van der Waals surface area (Å²) < 4.78 is 16.2. The lowest BCUT2D eigenvalue weighted by Gasteiger charge is -2.18. The van der Waals surface area contributed by atoms with Crippen LogP contribution in [0.1, 0.15) is 44.6 Å². The first-order chi connectivity index (χ1) is 11.8. The average Bonchev–Trinajstić information content (AvgIpc) is 3.23. The molecule has 2 aliphatic rings. The van der Waals surface area contributed by atoms with E-state index < -0.39 is 0 Å². The highest BCUT2D eigenvalue weighted by Gasteiger charge is 2.25. The molecule has 126 valence electrons. The Morgan fingerprint density at radius 1 is 1.17 bits per heavy atom. The first-order valence-corrected chi connectivity index (χ1v) is 8.52. The van der Waals surface area contributed by atoms with Gasteiger partial charge in [-0.25, -0.2) is 14.4 Å². The predicted octanol–water partition coefficient (Wildman–Crippen LogP) is 3.93. The SMILES string of the molecule is CNc1ncc2nc(NC3=CCCC=C3F)n(C3CCCC3)c2n1. The number of anilines is 2. The Morgan fingerprint density at radius 2 is 1.96 bits per heavy atom. The molecule has 4 rings (SSSR count). The van der Waals surface area contributed by atoms with Gasteiger partial charge in [-0.05, 0) is 31.8 Å². The Morgan fingerprint density at radius 3 is 2.71 bits per heavy atom. The van der Waals surface area contributed by atoms with E-state index in [9.17, 15) is 4.39 Å². The summed E-state index contributed by atoms with van der Waals surface area (Å²) in [5.74, 6) is 1.00. The first kappa shape index (κ1) is 15.1. The number of allylic oxidation sites excluding steroid dienone is 3. The van der Waals surface area contributed by atoms with Crippen molar-refractivity contribution in [1.29, 1.82) is 0 Å². The van der Waals surface area contributed by atoms with Crippen molar-refractivity contribution in [2.75, 3.05) is 17.7 Å². The smallest absolute Gasteiger partial charge is 0.224 e. The zero-order valence-electron chi connectivity index (χ0n) is 13.7. The second kappa shape index (κ2) is 6.22. The van der Waals surface area contributed by atoms with Gasteiger partial charge in [-0.3, -0.25) is 4.57 Å². The number of hydrogen-bond acceptors (Lipinski definition) is 5. The quantitative estimate of drug-likeness (QED) is 0.890. The van der Waals surface area contributed by atoms with Crippen LogP contribution in [0.25, 0.3) is 11.2 Å². The highest BCUT2D eigenvalue weighted by atomic mass is 19.1. The number of rotatable bonds is 4. The lowest BCUT2D eigenvalue weighted by atomic mass is 10.1. The van der Waals surface area contributed by atoms with E-state index in [0.717, 1.165) is 36.8 Å². The molecular formula is C17H21FN6. The van der Waals surface area contributed by atoms with Crippen molar-refractivity contribution in [2.24, 2.45) is 0 Å². The summed E-state index contributed by atoms with van der Waals surface area (Å²) >= 11 is 0. The molecule has 2 aliphatic carbocycles. The maximum atomic E-state index is 14.1. The van der Waals surface area contributed by atoms with Crippen molar-refractivity contribution in [3.05, 3.63) is 29.9 Å². The molecule has 0 aromatic carbocycles. The van der Waals surface area contributed by atoms with Gasteiger partial charge >= 0.3 is 0 Å². The summed E-state index contributed by atoms with van der Waals surface area (Å²) in [5.41, 5.74) is 2.02. The number of nitrogens with zero attached hydrogens (tertiary/aromatic N) is 4. The lowest BCUT2D eigenvalue weighted by Crippen LogP contribution is -2.13. The fourth-order valence-corrected chi connectivity index (χ4v) is 3.48. The van der Waals surface area contributed by atoms with Gasteiger partial charge < -0.3 is 10.6 Å². The lowest BCUT2D eigenvalue weighted by molar-refractivity contribution is 0.534. The Kier molecular flexibility index (Phi) is 3.92. The van der Waals surface area contributed by atoms with Gasteiger partial charge in [0.25, 0.3) is 0 Å². The zero-order chi connectivity index (χ0) is 16.5. The number of imidazole rings is 1. The third kappa shape index (κ3) is 2.64. The molecule has 7 heteroatoms. The molecule has 6 nitrogen and oxygen atoms in total. The maximum absolute atomic E-state index is 14.1. The fraction of sp³-hybridized carbons (Fsp3) is 0.471. The molecule has 0 amide bonds. The van der Waals surface area contributed by atoms with Gasteiger partial charge in [0.2, 0.25) is 11.9 Å². The molecule has 0 atom stereocenters. The molecule has 2 N–H and O–H groups in total.